The van der Waals surface area contributed by atoms with Crippen molar-refractivity contribution < 1.29 is 9.13 Å². The van der Waals surface area contributed by atoms with Crippen LogP contribution in [0.25, 0.3) is 0 Å². The number of aliphatic imine (C=N–C) groups is 1. The lowest BCUT2D eigenvalue weighted by Gasteiger charge is -2.35. The van der Waals surface area contributed by atoms with E-state index in [2.05, 4.69) is 37.8 Å². The minimum Gasteiger partial charge on any atom is -0.379 e. The van der Waals surface area contributed by atoms with E-state index in [0.717, 1.165) is 41.7 Å². The Balaban J connectivity index is 0.00000300. The van der Waals surface area contributed by atoms with E-state index in [9.17, 15) is 4.39 Å². The zero-order chi connectivity index (χ0) is 19.8. The molecule has 0 saturated carbocycles. The zero-order valence-corrected chi connectivity index (χ0v) is 20.0. The second kappa shape index (κ2) is 12.4. The van der Waals surface area contributed by atoms with Crippen molar-refractivity contribution in [1.82, 2.24) is 20.5 Å². The summed E-state index contributed by atoms with van der Waals surface area (Å²) >= 11 is 1.68. The van der Waals surface area contributed by atoms with Gasteiger partial charge in [0.25, 0.3) is 0 Å². The summed E-state index contributed by atoms with van der Waals surface area (Å²) in [6.45, 7) is 6.56. The number of rotatable bonds is 7. The molecule has 29 heavy (non-hydrogen) atoms. The average Bonchev–Trinajstić information content (AvgIpc) is 3.20. The third-order valence-corrected chi connectivity index (χ3v) is 5.81. The number of ether oxygens (including phenoxy) is 1. The highest BCUT2D eigenvalue weighted by Gasteiger charge is 2.23. The van der Waals surface area contributed by atoms with Gasteiger partial charge in [-0.15, -0.1) is 35.3 Å². The Morgan fingerprint density at radius 3 is 2.62 bits per heavy atom. The van der Waals surface area contributed by atoms with Gasteiger partial charge in [-0.1, -0.05) is 19.1 Å². The standard InChI is InChI=1S/C20H28FN5OS.HI/c1-3-19-25-17(14-28-19)12-23-20(22-2)24-13-18(26-8-10-27-11-9-26)15-4-6-16(21)7-5-15;/h4-7,14,18H,3,8-13H2,1-2H3,(H2,22,23,24);1H. The van der Waals surface area contributed by atoms with E-state index < -0.39 is 0 Å². The van der Waals surface area contributed by atoms with Crippen LogP contribution < -0.4 is 10.6 Å². The summed E-state index contributed by atoms with van der Waals surface area (Å²) < 4.78 is 18.9. The molecule has 0 bridgehead atoms. The Morgan fingerprint density at radius 2 is 2.00 bits per heavy atom. The normalized spacial score (nSPS) is 16.2. The fourth-order valence-electron chi connectivity index (χ4n) is 3.21. The van der Waals surface area contributed by atoms with Gasteiger partial charge >= 0.3 is 0 Å². The molecule has 1 fully saturated rings. The molecule has 2 N–H and O–H groups in total. The van der Waals surface area contributed by atoms with Gasteiger partial charge < -0.3 is 15.4 Å². The Labute approximate surface area is 193 Å². The molecule has 1 atom stereocenters. The number of benzene rings is 1. The summed E-state index contributed by atoms with van der Waals surface area (Å²) in [6.07, 6.45) is 0.955. The predicted molar refractivity (Wildman–Crippen MR) is 127 cm³/mol. The molecule has 1 aromatic carbocycles. The summed E-state index contributed by atoms with van der Waals surface area (Å²) in [5.74, 6) is 0.510. The largest absolute Gasteiger partial charge is 0.379 e. The molecule has 2 heterocycles. The molecule has 0 aliphatic carbocycles. The number of thiazole rings is 1. The van der Waals surface area contributed by atoms with Gasteiger partial charge in [0.15, 0.2) is 5.96 Å². The van der Waals surface area contributed by atoms with Crippen LogP contribution in [-0.2, 0) is 17.7 Å². The lowest BCUT2D eigenvalue weighted by Crippen LogP contribution is -2.46. The first-order chi connectivity index (χ1) is 13.7. The highest BCUT2D eigenvalue weighted by Crippen LogP contribution is 2.21. The molecule has 1 unspecified atom stereocenters. The summed E-state index contributed by atoms with van der Waals surface area (Å²) in [7, 11) is 1.76. The van der Waals surface area contributed by atoms with Crippen LogP contribution >= 0.6 is 35.3 Å². The van der Waals surface area contributed by atoms with E-state index in [0.29, 0.717) is 26.3 Å². The molecule has 1 aromatic heterocycles. The van der Waals surface area contributed by atoms with Gasteiger partial charge in [-0.05, 0) is 24.1 Å². The van der Waals surface area contributed by atoms with Crippen LogP contribution in [0.5, 0.6) is 0 Å². The molecule has 6 nitrogen and oxygen atoms in total. The van der Waals surface area contributed by atoms with E-state index in [1.165, 1.54) is 12.1 Å². The average molecular weight is 533 g/mol. The summed E-state index contributed by atoms with van der Waals surface area (Å²) in [6, 6.07) is 6.87. The lowest BCUT2D eigenvalue weighted by atomic mass is 10.0. The first kappa shape index (κ1) is 24.0. The molecule has 3 rings (SSSR count). The Morgan fingerprint density at radius 1 is 1.28 bits per heavy atom. The number of aromatic nitrogens is 1. The third kappa shape index (κ3) is 7.16. The highest BCUT2D eigenvalue weighted by atomic mass is 127. The minimum absolute atomic E-state index is 0. The maximum Gasteiger partial charge on any atom is 0.191 e. The monoisotopic (exact) mass is 533 g/mol. The van der Waals surface area contributed by atoms with Crippen molar-refractivity contribution in [2.75, 3.05) is 39.9 Å². The van der Waals surface area contributed by atoms with Crippen molar-refractivity contribution in [3.05, 3.63) is 51.7 Å². The summed E-state index contributed by atoms with van der Waals surface area (Å²) in [5.41, 5.74) is 2.10. The van der Waals surface area contributed by atoms with Crippen molar-refractivity contribution in [3.63, 3.8) is 0 Å². The van der Waals surface area contributed by atoms with Crippen LogP contribution in [0.2, 0.25) is 0 Å². The molecule has 1 saturated heterocycles. The van der Waals surface area contributed by atoms with E-state index in [1.807, 2.05) is 12.1 Å². The molecular formula is C20H29FIN5OS. The second-order valence-corrected chi connectivity index (χ2v) is 7.55. The molecule has 0 spiro atoms. The van der Waals surface area contributed by atoms with Crippen LogP contribution in [-0.4, -0.2) is 55.7 Å². The van der Waals surface area contributed by atoms with Gasteiger partial charge in [-0.25, -0.2) is 9.37 Å². The number of guanidine groups is 1. The SMILES string of the molecule is CCc1nc(CNC(=NC)NCC(c2ccc(F)cc2)N2CCOCC2)cs1.I. The highest BCUT2D eigenvalue weighted by molar-refractivity contribution is 14.0. The van der Waals surface area contributed by atoms with Crippen LogP contribution in [0.3, 0.4) is 0 Å². The van der Waals surface area contributed by atoms with Crippen LogP contribution in [0.4, 0.5) is 4.39 Å². The van der Waals surface area contributed by atoms with Crippen LogP contribution in [0.15, 0.2) is 34.6 Å². The molecule has 2 aromatic rings. The van der Waals surface area contributed by atoms with Crippen LogP contribution in [0, 0.1) is 5.82 Å². The zero-order valence-electron chi connectivity index (χ0n) is 16.9. The molecule has 1 aliphatic rings. The Hall–Kier alpha value is -1.30. The Kier molecular flexibility index (Phi) is 10.3. The molecule has 160 valence electrons. The molecule has 0 radical (unpaired) electrons. The minimum atomic E-state index is -0.218. The first-order valence-corrected chi connectivity index (χ1v) is 10.5. The van der Waals surface area contributed by atoms with Crippen molar-refractivity contribution in [2.24, 2.45) is 4.99 Å². The third-order valence-electron chi connectivity index (χ3n) is 4.77. The summed E-state index contributed by atoms with van der Waals surface area (Å²) in [5, 5.41) is 9.95. The molecule has 0 amide bonds. The fourth-order valence-corrected chi connectivity index (χ4v) is 3.96. The maximum atomic E-state index is 13.4. The van der Waals surface area contributed by atoms with Gasteiger partial charge in [0.2, 0.25) is 0 Å². The van der Waals surface area contributed by atoms with E-state index >= 15 is 0 Å². The van der Waals surface area contributed by atoms with Crippen molar-refractivity contribution in [1.29, 1.82) is 0 Å². The first-order valence-electron chi connectivity index (χ1n) is 9.64. The number of nitrogens with one attached hydrogen (secondary N) is 2. The number of hydrogen-bond acceptors (Lipinski definition) is 5. The molecular weight excluding hydrogens is 504 g/mol. The Bertz CT molecular complexity index is 764. The van der Waals surface area contributed by atoms with Crippen molar-refractivity contribution >= 4 is 41.3 Å². The van der Waals surface area contributed by atoms with E-state index in [1.54, 1.807) is 18.4 Å². The van der Waals surface area contributed by atoms with Gasteiger partial charge in [0, 0.05) is 32.1 Å². The van der Waals surface area contributed by atoms with E-state index in [4.69, 9.17) is 4.74 Å². The molecule has 1 aliphatic heterocycles. The van der Waals surface area contributed by atoms with Crippen LogP contribution in [0.1, 0.15) is 29.2 Å². The number of halogens is 2. The van der Waals surface area contributed by atoms with E-state index in [-0.39, 0.29) is 35.8 Å². The topological polar surface area (TPSA) is 61.8 Å². The van der Waals surface area contributed by atoms with Gasteiger partial charge in [0.1, 0.15) is 5.82 Å². The van der Waals surface area contributed by atoms with Crippen molar-refractivity contribution in [3.8, 4) is 0 Å². The second-order valence-electron chi connectivity index (χ2n) is 6.61. The fraction of sp³-hybridized carbons (Fsp3) is 0.500. The number of nitrogens with zero attached hydrogens (tertiary/aromatic N) is 3. The smallest absolute Gasteiger partial charge is 0.191 e. The number of aryl methyl sites for hydroxylation is 1. The van der Waals surface area contributed by atoms with Gasteiger partial charge in [-0.2, -0.15) is 0 Å². The number of hydrogen-bond donors (Lipinski definition) is 2. The maximum absolute atomic E-state index is 13.4. The van der Waals surface area contributed by atoms with Gasteiger partial charge in [0.05, 0.1) is 36.5 Å². The lowest BCUT2D eigenvalue weighted by molar-refractivity contribution is 0.0170. The predicted octanol–water partition coefficient (Wildman–Crippen LogP) is 3.20. The van der Waals surface area contributed by atoms with Gasteiger partial charge in [-0.3, -0.25) is 9.89 Å². The summed E-state index contributed by atoms with van der Waals surface area (Å²) in [4.78, 5) is 11.3. The number of morpholine rings is 1. The van der Waals surface area contributed by atoms with Crippen molar-refractivity contribution in [2.45, 2.75) is 25.9 Å². The quantitative estimate of drug-likeness (QED) is 0.325. The molecule has 9 heteroatoms.